The lowest BCUT2D eigenvalue weighted by molar-refractivity contribution is -0.274. The SMILES string of the molecule is O=C(CSc1nc2c(c(=O)n1-c1ccc(OC(F)(F)F)cc1)SCC2)N1CCCCCC1. The van der Waals surface area contributed by atoms with Gasteiger partial charge in [-0.3, -0.25) is 14.2 Å². The van der Waals surface area contributed by atoms with Gasteiger partial charge in [0.25, 0.3) is 5.56 Å². The molecule has 1 amide bonds. The fourth-order valence-electron chi connectivity index (χ4n) is 3.75. The Morgan fingerprint density at radius 2 is 1.81 bits per heavy atom. The summed E-state index contributed by atoms with van der Waals surface area (Å²) in [4.78, 5) is 32.9. The number of nitrogens with zero attached hydrogens (tertiary/aromatic N) is 3. The summed E-state index contributed by atoms with van der Waals surface area (Å²) >= 11 is 2.60. The number of amides is 1. The number of hydrogen-bond donors (Lipinski definition) is 0. The second kappa shape index (κ2) is 9.78. The molecule has 0 aliphatic carbocycles. The second-order valence-corrected chi connectivity index (χ2v) is 9.58. The molecule has 0 spiro atoms. The summed E-state index contributed by atoms with van der Waals surface area (Å²) in [6.07, 6.45) is 0.0908. The molecule has 1 aromatic heterocycles. The second-order valence-electron chi connectivity index (χ2n) is 7.53. The van der Waals surface area contributed by atoms with Crippen molar-refractivity contribution in [1.29, 1.82) is 0 Å². The minimum Gasteiger partial charge on any atom is -0.406 e. The summed E-state index contributed by atoms with van der Waals surface area (Å²) in [5, 5.41) is 0.365. The topological polar surface area (TPSA) is 64.4 Å². The van der Waals surface area contributed by atoms with Crippen LogP contribution in [-0.2, 0) is 11.2 Å². The molecule has 1 saturated heterocycles. The number of carbonyl (C=O) groups is 1. The van der Waals surface area contributed by atoms with Crippen molar-refractivity contribution < 1.29 is 22.7 Å². The van der Waals surface area contributed by atoms with Crippen molar-refractivity contribution >= 4 is 29.4 Å². The van der Waals surface area contributed by atoms with Crippen molar-refractivity contribution in [2.24, 2.45) is 0 Å². The van der Waals surface area contributed by atoms with E-state index in [0.29, 0.717) is 27.9 Å². The highest BCUT2D eigenvalue weighted by Gasteiger charge is 2.31. The zero-order valence-electron chi connectivity index (χ0n) is 17.2. The molecule has 0 unspecified atom stereocenters. The van der Waals surface area contributed by atoms with E-state index in [1.54, 1.807) is 0 Å². The fourth-order valence-corrected chi connectivity index (χ4v) is 5.71. The first-order chi connectivity index (χ1) is 15.3. The van der Waals surface area contributed by atoms with Gasteiger partial charge in [0.05, 0.1) is 22.0 Å². The minimum absolute atomic E-state index is 0.00139. The van der Waals surface area contributed by atoms with Crippen molar-refractivity contribution in [1.82, 2.24) is 14.5 Å². The van der Waals surface area contributed by atoms with E-state index < -0.39 is 6.36 Å². The van der Waals surface area contributed by atoms with Crippen molar-refractivity contribution in [3.8, 4) is 11.4 Å². The van der Waals surface area contributed by atoms with Gasteiger partial charge < -0.3 is 9.64 Å². The van der Waals surface area contributed by atoms with Gasteiger partial charge in [-0.25, -0.2) is 4.98 Å². The molecule has 3 heterocycles. The van der Waals surface area contributed by atoms with Crippen molar-refractivity contribution in [3.63, 3.8) is 0 Å². The van der Waals surface area contributed by atoms with Gasteiger partial charge in [0, 0.05) is 25.3 Å². The highest BCUT2D eigenvalue weighted by Crippen LogP contribution is 2.31. The van der Waals surface area contributed by atoms with Crippen molar-refractivity contribution in [3.05, 3.63) is 40.3 Å². The first-order valence-corrected chi connectivity index (χ1v) is 12.3. The summed E-state index contributed by atoms with van der Waals surface area (Å²) in [6, 6.07) is 5.09. The summed E-state index contributed by atoms with van der Waals surface area (Å²) < 4.78 is 42.7. The van der Waals surface area contributed by atoms with E-state index in [0.717, 1.165) is 56.7 Å². The van der Waals surface area contributed by atoms with E-state index in [2.05, 4.69) is 9.72 Å². The Morgan fingerprint density at radius 1 is 1.12 bits per heavy atom. The van der Waals surface area contributed by atoms with Gasteiger partial charge in [-0.1, -0.05) is 24.6 Å². The van der Waals surface area contributed by atoms with Gasteiger partial charge in [-0.2, -0.15) is 0 Å². The Balaban J connectivity index is 1.60. The molecule has 2 aromatic rings. The average Bonchev–Trinajstić information content (AvgIpc) is 3.05. The molecule has 2 aliphatic rings. The lowest BCUT2D eigenvalue weighted by Gasteiger charge is -2.20. The molecular weight excluding hydrogens is 463 g/mol. The average molecular weight is 486 g/mol. The molecule has 172 valence electrons. The number of aryl methyl sites for hydroxylation is 1. The highest BCUT2D eigenvalue weighted by atomic mass is 32.2. The van der Waals surface area contributed by atoms with Crippen LogP contribution in [0.15, 0.2) is 39.1 Å². The van der Waals surface area contributed by atoms with Gasteiger partial charge in [0.1, 0.15) is 5.75 Å². The fraction of sp³-hybridized carbons (Fsp3) is 0.476. The first-order valence-electron chi connectivity index (χ1n) is 10.4. The van der Waals surface area contributed by atoms with Crippen LogP contribution in [0.1, 0.15) is 31.4 Å². The number of thioether (sulfide) groups is 2. The number of likely N-dealkylation sites (tertiary alicyclic amines) is 1. The zero-order chi connectivity index (χ0) is 22.7. The molecule has 4 rings (SSSR count). The van der Waals surface area contributed by atoms with Crippen LogP contribution in [0.2, 0.25) is 0 Å². The Labute approximate surface area is 191 Å². The van der Waals surface area contributed by atoms with Crippen LogP contribution < -0.4 is 10.3 Å². The maximum absolute atomic E-state index is 13.2. The molecule has 1 fully saturated rings. The number of hydrogen-bond acceptors (Lipinski definition) is 6. The molecule has 6 nitrogen and oxygen atoms in total. The molecule has 0 saturated carbocycles. The van der Waals surface area contributed by atoms with E-state index >= 15 is 0 Å². The Kier molecular flexibility index (Phi) is 7.04. The normalized spacial score (nSPS) is 16.5. The quantitative estimate of drug-likeness (QED) is 0.466. The first kappa shape index (κ1) is 23.0. The lowest BCUT2D eigenvalue weighted by Crippen LogP contribution is -2.33. The number of fused-ring (bicyclic) bond motifs is 1. The number of ether oxygens (including phenoxy) is 1. The van der Waals surface area contributed by atoms with Gasteiger partial charge in [-0.05, 0) is 37.1 Å². The van der Waals surface area contributed by atoms with E-state index in [1.165, 1.54) is 40.2 Å². The Bertz CT molecular complexity index is 1030. The van der Waals surface area contributed by atoms with Gasteiger partial charge in [-0.15, -0.1) is 24.9 Å². The molecule has 32 heavy (non-hydrogen) atoms. The van der Waals surface area contributed by atoms with E-state index in [4.69, 9.17) is 0 Å². The van der Waals surface area contributed by atoms with Crippen LogP contribution in [0.4, 0.5) is 13.2 Å². The monoisotopic (exact) mass is 485 g/mol. The van der Waals surface area contributed by atoms with E-state index in [-0.39, 0.29) is 23.0 Å². The Hall–Kier alpha value is -2.14. The molecule has 11 heteroatoms. The minimum atomic E-state index is -4.79. The third kappa shape index (κ3) is 5.43. The number of rotatable bonds is 5. The predicted molar refractivity (Wildman–Crippen MR) is 117 cm³/mol. The smallest absolute Gasteiger partial charge is 0.406 e. The van der Waals surface area contributed by atoms with Gasteiger partial charge >= 0.3 is 6.36 Å². The third-order valence-electron chi connectivity index (χ3n) is 5.28. The van der Waals surface area contributed by atoms with Crippen molar-refractivity contribution in [2.45, 2.75) is 48.5 Å². The number of halogens is 3. The summed E-state index contributed by atoms with van der Waals surface area (Å²) in [5.41, 5.74) is 0.807. The largest absolute Gasteiger partial charge is 0.573 e. The van der Waals surface area contributed by atoms with E-state index in [1.807, 2.05) is 4.90 Å². The number of alkyl halides is 3. The number of aromatic nitrogens is 2. The maximum Gasteiger partial charge on any atom is 0.573 e. The van der Waals surface area contributed by atoms with Gasteiger partial charge in [0.2, 0.25) is 5.91 Å². The van der Waals surface area contributed by atoms with Crippen molar-refractivity contribution in [2.75, 3.05) is 24.6 Å². The zero-order valence-corrected chi connectivity index (χ0v) is 18.8. The molecular formula is C21H22F3N3O3S2. The van der Waals surface area contributed by atoms with Crippen LogP contribution in [-0.4, -0.2) is 51.3 Å². The predicted octanol–water partition coefficient (Wildman–Crippen LogP) is 4.27. The van der Waals surface area contributed by atoms with Gasteiger partial charge in [0.15, 0.2) is 5.16 Å². The highest BCUT2D eigenvalue weighted by molar-refractivity contribution is 8.00. The van der Waals surface area contributed by atoms with Crippen LogP contribution in [0.5, 0.6) is 5.75 Å². The standard InChI is InChI=1S/C21H22F3N3O3S2/c22-21(23,24)30-15-7-5-14(6-8-15)27-19(29)18-16(9-12-31-18)25-20(27)32-13-17(28)26-10-3-1-2-4-11-26/h5-8H,1-4,9-13H2. The molecule has 0 bridgehead atoms. The maximum atomic E-state index is 13.2. The summed E-state index contributed by atoms with van der Waals surface area (Å²) in [6.45, 7) is 1.47. The third-order valence-corrected chi connectivity index (χ3v) is 7.31. The number of benzene rings is 1. The van der Waals surface area contributed by atoms with Crippen LogP contribution in [0, 0.1) is 0 Å². The van der Waals surface area contributed by atoms with Crippen LogP contribution >= 0.6 is 23.5 Å². The number of carbonyl (C=O) groups excluding carboxylic acids is 1. The van der Waals surface area contributed by atoms with Crippen LogP contribution in [0.25, 0.3) is 5.69 Å². The summed E-state index contributed by atoms with van der Waals surface area (Å²) in [7, 11) is 0. The summed E-state index contributed by atoms with van der Waals surface area (Å²) in [5.74, 6) is 0.523. The molecule has 1 aromatic carbocycles. The molecule has 0 radical (unpaired) electrons. The lowest BCUT2D eigenvalue weighted by atomic mass is 10.2. The molecule has 2 aliphatic heterocycles. The molecule has 0 N–H and O–H groups in total. The van der Waals surface area contributed by atoms with E-state index in [9.17, 15) is 22.8 Å². The molecule has 0 atom stereocenters. The van der Waals surface area contributed by atoms with Crippen LogP contribution in [0.3, 0.4) is 0 Å². The Morgan fingerprint density at radius 3 is 2.47 bits per heavy atom.